The van der Waals surface area contributed by atoms with Crippen molar-refractivity contribution in [2.24, 2.45) is 4.40 Å². The summed E-state index contributed by atoms with van der Waals surface area (Å²) in [7, 11) is -3.95. The van der Waals surface area contributed by atoms with Gasteiger partial charge in [0.25, 0.3) is 15.9 Å². The Morgan fingerprint density at radius 2 is 2.00 bits per heavy atom. The van der Waals surface area contributed by atoms with E-state index in [2.05, 4.69) is 4.40 Å². The number of amides is 1. The summed E-state index contributed by atoms with van der Waals surface area (Å²) in [4.78, 5) is 14.1. The van der Waals surface area contributed by atoms with E-state index in [9.17, 15) is 13.2 Å². The Bertz CT molecular complexity index is 949. The van der Waals surface area contributed by atoms with E-state index in [1.54, 1.807) is 25.1 Å². The minimum atomic E-state index is -3.95. The van der Waals surface area contributed by atoms with E-state index < -0.39 is 10.0 Å². The summed E-state index contributed by atoms with van der Waals surface area (Å²) in [6, 6.07) is 9.10. The number of furan rings is 1. The third kappa shape index (κ3) is 3.81. The zero-order chi connectivity index (χ0) is 18.0. The van der Waals surface area contributed by atoms with Crippen LogP contribution in [0.25, 0.3) is 6.08 Å². The first-order valence-electron chi connectivity index (χ1n) is 7.26. The molecule has 0 unspecified atom stereocenters. The Balaban J connectivity index is 1.96. The number of hydrogen-bond acceptors (Lipinski definition) is 5. The van der Waals surface area contributed by atoms with Gasteiger partial charge in [-0.1, -0.05) is 11.6 Å². The molecule has 9 heteroatoms. The highest BCUT2D eigenvalue weighted by molar-refractivity contribution is 8.19. The maximum atomic E-state index is 12.5. The van der Waals surface area contributed by atoms with Gasteiger partial charge in [-0.2, -0.15) is 8.42 Å². The lowest BCUT2D eigenvalue weighted by atomic mass is 10.3. The van der Waals surface area contributed by atoms with Crippen molar-refractivity contribution in [3.63, 3.8) is 0 Å². The first-order valence-corrected chi connectivity index (χ1v) is 9.89. The molecule has 0 aliphatic carbocycles. The molecule has 2 heterocycles. The van der Waals surface area contributed by atoms with Crippen LogP contribution in [0.1, 0.15) is 12.7 Å². The number of sulfonamides is 1. The molecule has 0 bridgehead atoms. The van der Waals surface area contributed by atoms with E-state index in [1.165, 1.54) is 35.4 Å². The predicted molar refractivity (Wildman–Crippen MR) is 97.7 cm³/mol. The molecular formula is C16H13ClN2O4S2. The van der Waals surface area contributed by atoms with Gasteiger partial charge in [0.1, 0.15) is 5.76 Å². The van der Waals surface area contributed by atoms with Gasteiger partial charge in [0.05, 0.1) is 16.1 Å². The van der Waals surface area contributed by atoms with Crippen molar-refractivity contribution in [2.75, 3.05) is 6.54 Å². The van der Waals surface area contributed by atoms with Gasteiger partial charge in [-0.15, -0.1) is 4.40 Å². The van der Waals surface area contributed by atoms with Crippen LogP contribution in [0.3, 0.4) is 0 Å². The fourth-order valence-corrected chi connectivity index (χ4v) is 4.47. The van der Waals surface area contributed by atoms with Gasteiger partial charge < -0.3 is 4.42 Å². The van der Waals surface area contributed by atoms with E-state index in [1.807, 2.05) is 0 Å². The average molecular weight is 397 g/mol. The van der Waals surface area contributed by atoms with Crippen LogP contribution >= 0.6 is 23.4 Å². The van der Waals surface area contributed by atoms with Crippen LogP contribution in [-0.2, 0) is 14.8 Å². The zero-order valence-electron chi connectivity index (χ0n) is 13.0. The van der Waals surface area contributed by atoms with Crippen molar-refractivity contribution >= 4 is 50.5 Å². The molecule has 1 amide bonds. The van der Waals surface area contributed by atoms with E-state index in [0.29, 0.717) is 22.2 Å². The van der Waals surface area contributed by atoms with Crippen molar-refractivity contribution < 1.29 is 17.6 Å². The standard InChI is InChI=1S/C16H13ClN2O4S2/c1-2-19-15(20)14(10-12-4-3-9-23-12)24-16(19)18-25(21,22)13-7-5-11(17)6-8-13/h3-10H,2H2,1H3. The number of halogens is 1. The fraction of sp³-hybridized carbons (Fsp3) is 0.125. The minimum Gasteiger partial charge on any atom is -0.465 e. The molecule has 130 valence electrons. The van der Waals surface area contributed by atoms with E-state index in [-0.39, 0.29) is 16.0 Å². The van der Waals surface area contributed by atoms with E-state index in [4.69, 9.17) is 16.0 Å². The number of hydrogen-bond donors (Lipinski definition) is 0. The van der Waals surface area contributed by atoms with Crippen LogP contribution < -0.4 is 0 Å². The molecular weight excluding hydrogens is 384 g/mol. The molecule has 25 heavy (non-hydrogen) atoms. The smallest absolute Gasteiger partial charge is 0.284 e. The quantitative estimate of drug-likeness (QED) is 0.737. The summed E-state index contributed by atoms with van der Waals surface area (Å²) in [5.74, 6) is 0.197. The second-order valence-electron chi connectivity index (χ2n) is 4.98. The summed E-state index contributed by atoms with van der Waals surface area (Å²) in [5, 5.41) is 0.538. The molecule has 1 aliphatic rings. The highest BCUT2D eigenvalue weighted by Gasteiger charge is 2.34. The Morgan fingerprint density at radius 3 is 2.60 bits per heavy atom. The topological polar surface area (TPSA) is 80.0 Å². The van der Waals surface area contributed by atoms with Crippen molar-refractivity contribution in [3.8, 4) is 0 Å². The first-order chi connectivity index (χ1) is 11.9. The maximum Gasteiger partial charge on any atom is 0.284 e. The molecule has 1 aromatic heterocycles. The van der Waals surface area contributed by atoms with Gasteiger partial charge in [-0.05, 0) is 55.1 Å². The number of rotatable bonds is 4. The van der Waals surface area contributed by atoms with Gasteiger partial charge in [-0.25, -0.2) is 0 Å². The van der Waals surface area contributed by atoms with Gasteiger partial charge >= 0.3 is 0 Å². The molecule has 2 aromatic rings. The number of thioether (sulfide) groups is 1. The zero-order valence-corrected chi connectivity index (χ0v) is 15.4. The summed E-state index contributed by atoms with van der Waals surface area (Å²) in [5.41, 5.74) is 0. The Morgan fingerprint density at radius 1 is 1.28 bits per heavy atom. The highest BCUT2D eigenvalue weighted by Crippen LogP contribution is 2.33. The molecule has 3 rings (SSSR count). The number of benzene rings is 1. The molecule has 0 spiro atoms. The van der Waals surface area contributed by atoms with Crippen LogP contribution in [-0.4, -0.2) is 30.9 Å². The molecule has 0 saturated carbocycles. The lowest BCUT2D eigenvalue weighted by molar-refractivity contribution is -0.122. The third-order valence-corrected chi connectivity index (χ3v) is 5.99. The lowest BCUT2D eigenvalue weighted by Gasteiger charge is -2.11. The van der Waals surface area contributed by atoms with Crippen LogP contribution in [0.4, 0.5) is 0 Å². The fourth-order valence-electron chi connectivity index (χ4n) is 2.12. The van der Waals surface area contributed by atoms with Gasteiger partial charge in [0.15, 0.2) is 5.17 Å². The minimum absolute atomic E-state index is 0.0111. The Kier molecular flexibility index (Phi) is 5.03. The second kappa shape index (κ2) is 7.07. The predicted octanol–water partition coefficient (Wildman–Crippen LogP) is 3.61. The molecule has 0 N–H and O–H groups in total. The largest absolute Gasteiger partial charge is 0.465 e. The molecule has 1 aliphatic heterocycles. The van der Waals surface area contributed by atoms with Gasteiger partial charge in [0.2, 0.25) is 0 Å². The number of nitrogens with zero attached hydrogens (tertiary/aromatic N) is 2. The Hall–Kier alpha value is -2.03. The molecule has 1 fully saturated rings. The number of carbonyl (C=O) groups is 1. The Labute approximate surface area is 154 Å². The third-order valence-electron chi connectivity index (χ3n) is 3.33. The normalized spacial score (nSPS) is 18.5. The molecule has 6 nitrogen and oxygen atoms in total. The van der Waals surface area contributed by atoms with Crippen molar-refractivity contribution in [1.29, 1.82) is 0 Å². The number of amidine groups is 1. The van der Waals surface area contributed by atoms with Crippen LogP contribution in [0.2, 0.25) is 5.02 Å². The highest BCUT2D eigenvalue weighted by atomic mass is 35.5. The van der Waals surface area contributed by atoms with Crippen molar-refractivity contribution in [1.82, 2.24) is 4.90 Å². The monoisotopic (exact) mass is 396 g/mol. The van der Waals surface area contributed by atoms with E-state index >= 15 is 0 Å². The molecule has 0 atom stereocenters. The van der Waals surface area contributed by atoms with Crippen LogP contribution in [0.15, 0.2) is 61.3 Å². The summed E-state index contributed by atoms with van der Waals surface area (Å²) in [6.07, 6.45) is 3.06. The van der Waals surface area contributed by atoms with Crippen molar-refractivity contribution in [3.05, 3.63) is 58.3 Å². The van der Waals surface area contributed by atoms with Crippen LogP contribution in [0.5, 0.6) is 0 Å². The molecule has 1 aromatic carbocycles. The summed E-state index contributed by atoms with van der Waals surface area (Å²) < 4.78 is 34.0. The van der Waals surface area contributed by atoms with Gasteiger partial charge in [-0.3, -0.25) is 9.69 Å². The lowest BCUT2D eigenvalue weighted by Crippen LogP contribution is -2.29. The maximum absolute atomic E-state index is 12.5. The number of likely N-dealkylation sites (N-methyl/N-ethyl adjacent to an activating group) is 1. The SMILES string of the molecule is CCN1C(=O)C(=Cc2ccco2)SC1=NS(=O)(=O)c1ccc(Cl)cc1. The summed E-state index contributed by atoms with van der Waals surface area (Å²) in [6.45, 7) is 2.05. The molecule has 0 radical (unpaired) electrons. The van der Waals surface area contributed by atoms with Crippen LogP contribution in [0, 0.1) is 0 Å². The first kappa shape index (κ1) is 17.8. The summed E-state index contributed by atoms with van der Waals surface area (Å²) >= 11 is 6.78. The average Bonchev–Trinajstić information content (AvgIpc) is 3.17. The van der Waals surface area contributed by atoms with Crippen molar-refractivity contribution in [2.45, 2.75) is 11.8 Å². The second-order valence-corrected chi connectivity index (χ2v) is 8.03. The van der Waals surface area contributed by atoms with E-state index in [0.717, 1.165) is 11.8 Å². The number of carbonyl (C=O) groups excluding carboxylic acids is 1. The van der Waals surface area contributed by atoms with Gasteiger partial charge in [0, 0.05) is 17.6 Å². The molecule has 1 saturated heterocycles.